The van der Waals surface area contributed by atoms with Crippen molar-refractivity contribution in [1.82, 2.24) is 4.57 Å². The quantitative estimate of drug-likeness (QED) is 0.638. The van der Waals surface area contributed by atoms with Crippen LogP contribution in [0.5, 0.6) is 11.5 Å². The van der Waals surface area contributed by atoms with Gasteiger partial charge in [0.25, 0.3) is 5.91 Å². The van der Waals surface area contributed by atoms with Gasteiger partial charge in [0.1, 0.15) is 11.5 Å². The SMILES string of the molecule is COCCn1c(-c2ccc(O)c(C(N)=O)c2)csc1=Nc1ccc(OC)cc1. The highest BCUT2D eigenvalue weighted by Crippen LogP contribution is 2.27. The van der Waals surface area contributed by atoms with E-state index in [1.54, 1.807) is 26.4 Å². The summed E-state index contributed by atoms with van der Waals surface area (Å²) in [6.45, 7) is 1.08. The van der Waals surface area contributed by atoms with Crippen molar-refractivity contribution in [3.05, 3.63) is 58.2 Å². The highest BCUT2D eigenvalue weighted by molar-refractivity contribution is 7.07. The first-order chi connectivity index (χ1) is 13.5. The molecule has 2 aromatic carbocycles. The van der Waals surface area contributed by atoms with Gasteiger partial charge < -0.3 is 24.9 Å². The van der Waals surface area contributed by atoms with E-state index in [0.29, 0.717) is 13.2 Å². The van der Waals surface area contributed by atoms with Crippen LogP contribution in [-0.4, -0.2) is 36.4 Å². The number of phenols is 1. The van der Waals surface area contributed by atoms with Crippen molar-refractivity contribution in [3.63, 3.8) is 0 Å². The molecule has 0 saturated heterocycles. The molecule has 1 heterocycles. The molecule has 146 valence electrons. The second-order valence-corrected chi connectivity index (χ2v) is 6.79. The van der Waals surface area contributed by atoms with Crippen molar-refractivity contribution >= 4 is 22.9 Å². The molecule has 0 radical (unpaired) electrons. The number of nitrogens with two attached hydrogens (primary N) is 1. The van der Waals surface area contributed by atoms with Gasteiger partial charge in [0, 0.05) is 24.6 Å². The molecule has 0 aliphatic heterocycles. The summed E-state index contributed by atoms with van der Waals surface area (Å²) in [7, 11) is 3.26. The number of aromatic nitrogens is 1. The zero-order chi connectivity index (χ0) is 20.1. The number of benzene rings is 2. The van der Waals surface area contributed by atoms with Gasteiger partial charge in [-0.25, -0.2) is 4.99 Å². The summed E-state index contributed by atoms with van der Waals surface area (Å²) in [6, 6.07) is 12.3. The van der Waals surface area contributed by atoms with Crippen molar-refractivity contribution in [3.8, 4) is 22.8 Å². The van der Waals surface area contributed by atoms with E-state index >= 15 is 0 Å². The van der Waals surface area contributed by atoms with Crippen LogP contribution in [-0.2, 0) is 11.3 Å². The van der Waals surface area contributed by atoms with Crippen LogP contribution in [0.3, 0.4) is 0 Å². The number of aromatic hydroxyl groups is 1. The number of ether oxygens (including phenoxy) is 2. The molecule has 0 spiro atoms. The fourth-order valence-electron chi connectivity index (χ4n) is 2.71. The number of carbonyl (C=O) groups is 1. The van der Waals surface area contributed by atoms with Gasteiger partial charge in [-0.05, 0) is 42.5 Å². The average molecular weight is 399 g/mol. The Hall–Kier alpha value is -3.10. The van der Waals surface area contributed by atoms with Crippen LogP contribution in [0, 0.1) is 0 Å². The van der Waals surface area contributed by atoms with Gasteiger partial charge in [-0.1, -0.05) is 0 Å². The lowest BCUT2D eigenvalue weighted by molar-refractivity contribution is 0.0998. The fraction of sp³-hybridized carbons (Fsp3) is 0.200. The van der Waals surface area contributed by atoms with Crippen LogP contribution in [0.2, 0.25) is 0 Å². The van der Waals surface area contributed by atoms with Crippen LogP contribution in [0.1, 0.15) is 10.4 Å². The van der Waals surface area contributed by atoms with E-state index in [1.165, 1.54) is 17.4 Å². The van der Waals surface area contributed by atoms with Gasteiger partial charge >= 0.3 is 0 Å². The minimum Gasteiger partial charge on any atom is -0.507 e. The molecular weight excluding hydrogens is 378 g/mol. The summed E-state index contributed by atoms with van der Waals surface area (Å²) in [6.07, 6.45) is 0. The molecule has 0 aliphatic carbocycles. The molecule has 0 unspecified atom stereocenters. The molecule has 1 amide bonds. The number of rotatable bonds is 7. The van der Waals surface area contributed by atoms with Gasteiger partial charge in [0.05, 0.1) is 30.7 Å². The van der Waals surface area contributed by atoms with E-state index in [4.69, 9.17) is 20.2 Å². The molecule has 0 fully saturated rings. The van der Waals surface area contributed by atoms with Crippen molar-refractivity contribution in [2.45, 2.75) is 6.54 Å². The van der Waals surface area contributed by atoms with Crippen LogP contribution >= 0.6 is 11.3 Å². The van der Waals surface area contributed by atoms with Gasteiger partial charge in [-0.3, -0.25) is 4.79 Å². The van der Waals surface area contributed by atoms with Gasteiger partial charge in [-0.15, -0.1) is 11.3 Å². The molecule has 0 bridgehead atoms. The van der Waals surface area contributed by atoms with Crippen molar-refractivity contribution in [2.24, 2.45) is 10.7 Å². The Labute approximate surface area is 166 Å². The standard InChI is InChI=1S/C20H21N3O4S/c1-26-10-9-23-17(13-3-8-18(24)16(11-13)19(21)25)12-28-20(23)22-14-4-6-15(27-2)7-5-14/h3-8,11-12,24H,9-10H2,1-2H3,(H2,21,25). The Morgan fingerprint density at radius 2 is 1.96 bits per heavy atom. The summed E-state index contributed by atoms with van der Waals surface area (Å²) in [4.78, 5) is 17.1. The maximum atomic E-state index is 11.6. The normalized spacial score (nSPS) is 11.6. The Balaban J connectivity index is 2.09. The van der Waals surface area contributed by atoms with E-state index in [0.717, 1.165) is 27.5 Å². The van der Waals surface area contributed by atoms with Crippen molar-refractivity contribution in [2.75, 3.05) is 20.8 Å². The highest BCUT2D eigenvalue weighted by Gasteiger charge is 2.13. The number of hydrogen-bond acceptors (Lipinski definition) is 6. The first-order valence-corrected chi connectivity index (χ1v) is 9.40. The number of amides is 1. The van der Waals surface area contributed by atoms with Crippen LogP contribution in [0.25, 0.3) is 11.3 Å². The lowest BCUT2D eigenvalue weighted by Crippen LogP contribution is -2.18. The molecule has 0 aliphatic rings. The van der Waals surface area contributed by atoms with E-state index in [9.17, 15) is 9.90 Å². The molecule has 3 rings (SSSR count). The second kappa shape index (κ2) is 8.73. The van der Waals surface area contributed by atoms with E-state index in [-0.39, 0.29) is 11.3 Å². The summed E-state index contributed by atoms with van der Waals surface area (Å²) in [5.74, 6) is -0.0552. The molecule has 7 nitrogen and oxygen atoms in total. The Morgan fingerprint density at radius 3 is 2.61 bits per heavy atom. The second-order valence-electron chi connectivity index (χ2n) is 5.95. The monoisotopic (exact) mass is 399 g/mol. The molecule has 1 aromatic heterocycles. The molecule has 8 heteroatoms. The first kappa shape index (κ1) is 19.7. The van der Waals surface area contributed by atoms with Gasteiger partial charge in [-0.2, -0.15) is 0 Å². The molecule has 0 saturated carbocycles. The summed E-state index contributed by atoms with van der Waals surface area (Å²) >= 11 is 1.48. The Bertz CT molecular complexity index is 1040. The summed E-state index contributed by atoms with van der Waals surface area (Å²) in [5.41, 5.74) is 7.85. The topological polar surface area (TPSA) is 99.1 Å². The number of methoxy groups -OCH3 is 2. The van der Waals surface area contributed by atoms with E-state index < -0.39 is 5.91 Å². The predicted molar refractivity (Wildman–Crippen MR) is 108 cm³/mol. The highest BCUT2D eigenvalue weighted by atomic mass is 32.1. The molecule has 28 heavy (non-hydrogen) atoms. The lowest BCUT2D eigenvalue weighted by Gasteiger charge is -2.10. The van der Waals surface area contributed by atoms with Crippen molar-refractivity contribution < 1.29 is 19.4 Å². The molecule has 3 N–H and O–H groups in total. The number of primary amides is 1. The molecule has 3 aromatic rings. The Kier molecular flexibility index (Phi) is 6.13. The molecular formula is C20H21N3O4S. The maximum Gasteiger partial charge on any atom is 0.252 e. The summed E-state index contributed by atoms with van der Waals surface area (Å²) < 4.78 is 12.4. The molecule has 0 atom stereocenters. The minimum absolute atomic E-state index is 0.0793. The predicted octanol–water partition coefficient (Wildman–Crippen LogP) is 2.91. The number of thiazole rings is 1. The lowest BCUT2D eigenvalue weighted by atomic mass is 10.1. The maximum absolute atomic E-state index is 11.6. The minimum atomic E-state index is -0.679. The number of hydrogen-bond donors (Lipinski definition) is 2. The van der Waals surface area contributed by atoms with Crippen molar-refractivity contribution in [1.29, 1.82) is 0 Å². The Morgan fingerprint density at radius 1 is 1.21 bits per heavy atom. The van der Waals surface area contributed by atoms with Crippen LogP contribution in [0.15, 0.2) is 52.8 Å². The fourth-order valence-corrected chi connectivity index (χ4v) is 3.66. The van der Waals surface area contributed by atoms with Crippen LogP contribution in [0.4, 0.5) is 5.69 Å². The third-order valence-corrected chi connectivity index (χ3v) is 5.04. The van der Waals surface area contributed by atoms with E-state index in [2.05, 4.69) is 0 Å². The van der Waals surface area contributed by atoms with E-state index in [1.807, 2.05) is 34.2 Å². The largest absolute Gasteiger partial charge is 0.507 e. The smallest absolute Gasteiger partial charge is 0.252 e. The van der Waals surface area contributed by atoms with Crippen LogP contribution < -0.4 is 15.3 Å². The zero-order valence-electron chi connectivity index (χ0n) is 15.6. The first-order valence-electron chi connectivity index (χ1n) is 8.52. The van der Waals surface area contributed by atoms with Gasteiger partial charge in [0.2, 0.25) is 0 Å². The van der Waals surface area contributed by atoms with Gasteiger partial charge in [0.15, 0.2) is 4.80 Å². The number of carbonyl (C=O) groups excluding carboxylic acids is 1. The summed E-state index contributed by atoms with van der Waals surface area (Å²) in [5, 5.41) is 11.8. The third kappa shape index (κ3) is 4.24. The number of nitrogens with zero attached hydrogens (tertiary/aromatic N) is 2. The average Bonchev–Trinajstić information content (AvgIpc) is 3.09. The third-order valence-electron chi connectivity index (χ3n) is 4.17. The zero-order valence-corrected chi connectivity index (χ0v) is 16.4.